The third-order valence-electron chi connectivity index (χ3n) is 4.84. The number of benzene rings is 1. The van der Waals surface area contributed by atoms with Crippen LogP contribution in [0.2, 0.25) is 0 Å². The molecule has 1 aliphatic heterocycles. The van der Waals surface area contributed by atoms with Crippen LogP contribution in [0, 0.1) is 0 Å². The first-order valence-corrected chi connectivity index (χ1v) is 10.4. The van der Waals surface area contributed by atoms with Crippen LogP contribution in [0.25, 0.3) is 0 Å². The summed E-state index contributed by atoms with van der Waals surface area (Å²) in [4.78, 5) is 10.3. The van der Waals surface area contributed by atoms with Gasteiger partial charge in [0.05, 0.1) is 13.1 Å². The molecule has 0 bridgehead atoms. The molecule has 1 aliphatic rings. The maximum atomic E-state index is 12.6. The van der Waals surface area contributed by atoms with Crippen LogP contribution in [-0.2, 0) is 13.2 Å². The fourth-order valence-electron chi connectivity index (χ4n) is 3.43. The van der Waals surface area contributed by atoms with Crippen LogP contribution >= 0.6 is 0 Å². The third kappa shape index (κ3) is 7.75. The van der Waals surface area contributed by atoms with Crippen LogP contribution in [0.5, 0.6) is 5.88 Å². The number of hydrogen-bond donors (Lipinski definition) is 2. The molecule has 2 N–H and O–H groups in total. The smallest absolute Gasteiger partial charge is 0.401 e. The number of halogens is 3. The molecule has 1 aromatic carbocycles. The Labute approximate surface area is 180 Å². The Morgan fingerprint density at radius 1 is 1.23 bits per heavy atom. The lowest BCUT2D eigenvalue weighted by Gasteiger charge is -2.20. The maximum Gasteiger partial charge on any atom is 0.401 e. The van der Waals surface area contributed by atoms with Crippen molar-refractivity contribution in [1.82, 2.24) is 20.5 Å². The fourth-order valence-corrected chi connectivity index (χ4v) is 3.43. The number of nitrogens with zero attached hydrogens (tertiary/aromatic N) is 3. The second kappa shape index (κ2) is 11.0. The van der Waals surface area contributed by atoms with Crippen molar-refractivity contribution in [3.63, 3.8) is 0 Å². The van der Waals surface area contributed by atoms with E-state index >= 15 is 0 Å². The highest BCUT2D eigenvalue weighted by Crippen LogP contribution is 2.20. The van der Waals surface area contributed by atoms with E-state index < -0.39 is 12.7 Å². The van der Waals surface area contributed by atoms with Gasteiger partial charge < -0.3 is 15.4 Å². The number of aromatic nitrogens is 1. The van der Waals surface area contributed by atoms with Gasteiger partial charge in [-0.15, -0.1) is 0 Å². The number of aliphatic imine (C=N–C) groups is 1. The number of hydrogen-bond acceptors (Lipinski definition) is 4. The Balaban J connectivity index is 1.59. The monoisotopic (exact) mass is 435 g/mol. The topological polar surface area (TPSA) is 61.8 Å². The minimum atomic E-state index is -4.18. The predicted molar refractivity (Wildman–Crippen MR) is 114 cm³/mol. The van der Waals surface area contributed by atoms with E-state index in [2.05, 4.69) is 20.6 Å². The van der Waals surface area contributed by atoms with Gasteiger partial charge in [0.2, 0.25) is 5.88 Å². The van der Waals surface area contributed by atoms with E-state index in [9.17, 15) is 13.2 Å². The van der Waals surface area contributed by atoms with E-state index in [-0.39, 0.29) is 6.04 Å². The first-order valence-electron chi connectivity index (χ1n) is 10.4. The zero-order valence-corrected chi connectivity index (χ0v) is 17.5. The molecular weight excluding hydrogens is 407 g/mol. The minimum absolute atomic E-state index is 0.0807. The summed E-state index contributed by atoms with van der Waals surface area (Å²) in [6, 6.07) is 13.5. The normalized spacial score (nSPS) is 17.5. The second-order valence-corrected chi connectivity index (χ2v) is 7.42. The summed E-state index contributed by atoms with van der Waals surface area (Å²) in [6.07, 6.45) is -1.87. The number of alkyl halides is 3. The predicted octanol–water partition coefficient (Wildman–Crippen LogP) is 3.35. The average molecular weight is 435 g/mol. The van der Waals surface area contributed by atoms with Gasteiger partial charge in [-0.1, -0.05) is 36.4 Å². The molecule has 168 valence electrons. The molecule has 1 unspecified atom stereocenters. The van der Waals surface area contributed by atoms with Crippen molar-refractivity contribution in [2.45, 2.75) is 38.7 Å². The van der Waals surface area contributed by atoms with Crippen molar-refractivity contribution in [1.29, 1.82) is 0 Å². The van der Waals surface area contributed by atoms with E-state index in [1.807, 2.05) is 49.4 Å². The molecule has 0 aliphatic carbocycles. The lowest BCUT2D eigenvalue weighted by atomic mass is 10.2. The molecule has 1 aromatic heterocycles. The molecule has 1 saturated heterocycles. The second-order valence-electron chi connectivity index (χ2n) is 7.42. The van der Waals surface area contributed by atoms with Crippen molar-refractivity contribution in [3.8, 4) is 5.88 Å². The summed E-state index contributed by atoms with van der Waals surface area (Å²) in [7, 11) is 0. The molecular formula is C22H28F3N5O. The van der Waals surface area contributed by atoms with Gasteiger partial charge in [0.1, 0.15) is 6.61 Å². The SMILES string of the molecule is CCNC(=NCc1cccnc1OCc1ccccc1)NC1CCN(CC(F)(F)F)C1. The first-order chi connectivity index (χ1) is 14.9. The molecule has 2 heterocycles. The number of rotatable bonds is 8. The Hall–Kier alpha value is -2.81. The van der Waals surface area contributed by atoms with E-state index in [1.165, 1.54) is 4.90 Å². The Bertz CT molecular complexity index is 845. The molecule has 6 nitrogen and oxygen atoms in total. The lowest BCUT2D eigenvalue weighted by Crippen LogP contribution is -2.45. The molecule has 1 fully saturated rings. The van der Waals surface area contributed by atoms with Crippen molar-refractivity contribution < 1.29 is 17.9 Å². The van der Waals surface area contributed by atoms with E-state index in [0.717, 1.165) is 11.1 Å². The largest absolute Gasteiger partial charge is 0.473 e. The summed E-state index contributed by atoms with van der Waals surface area (Å²) in [5.41, 5.74) is 1.88. The Kier molecular flexibility index (Phi) is 8.11. The Morgan fingerprint density at radius 2 is 2.03 bits per heavy atom. The number of ether oxygens (including phenoxy) is 1. The maximum absolute atomic E-state index is 12.6. The van der Waals surface area contributed by atoms with Crippen molar-refractivity contribution in [2.75, 3.05) is 26.2 Å². The zero-order chi connectivity index (χ0) is 22.1. The van der Waals surface area contributed by atoms with E-state index in [0.29, 0.717) is 51.0 Å². The van der Waals surface area contributed by atoms with Crippen molar-refractivity contribution in [2.24, 2.45) is 4.99 Å². The van der Waals surface area contributed by atoms with Gasteiger partial charge in [0.25, 0.3) is 0 Å². The highest BCUT2D eigenvalue weighted by atomic mass is 19.4. The lowest BCUT2D eigenvalue weighted by molar-refractivity contribution is -0.143. The number of guanidine groups is 1. The summed E-state index contributed by atoms with van der Waals surface area (Å²) < 4.78 is 43.7. The highest BCUT2D eigenvalue weighted by molar-refractivity contribution is 5.80. The molecule has 2 aromatic rings. The quantitative estimate of drug-likeness (QED) is 0.492. The molecule has 9 heteroatoms. The minimum Gasteiger partial charge on any atom is -0.473 e. The fraction of sp³-hybridized carbons (Fsp3) is 0.455. The molecule has 0 amide bonds. The third-order valence-corrected chi connectivity index (χ3v) is 4.84. The van der Waals surface area contributed by atoms with E-state index in [4.69, 9.17) is 4.74 Å². The average Bonchev–Trinajstić information content (AvgIpc) is 3.17. The van der Waals surface area contributed by atoms with Gasteiger partial charge in [0, 0.05) is 37.4 Å². The summed E-state index contributed by atoms with van der Waals surface area (Å²) in [6.45, 7) is 3.21. The number of likely N-dealkylation sites (tertiary alicyclic amines) is 1. The van der Waals surface area contributed by atoms with Gasteiger partial charge in [-0.3, -0.25) is 4.90 Å². The molecule has 31 heavy (non-hydrogen) atoms. The number of nitrogens with one attached hydrogen (secondary N) is 2. The molecule has 0 radical (unpaired) electrons. The zero-order valence-electron chi connectivity index (χ0n) is 17.5. The van der Waals surface area contributed by atoms with Gasteiger partial charge >= 0.3 is 6.18 Å². The number of pyridine rings is 1. The van der Waals surface area contributed by atoms with Crippen LogP contribution in [0.3, 0.4) is 0 Å². The van der Waals surface area contributed by atoms with Crippen LogP contribution in [-0.4, -0.2) is 54.2 Å². The van der Waals surface area contributed by atoms with Gasteiger partial charge in [-0.25, -0.2) is 9.98 Å². The molecule has 0 spiro atoms. The van der Waals surface area contributed by atoms with Crippen LogP contribution in [0.1, 0.15) is 24.5 Å². The van der Waals surface area contributed by atoms with Crippen molar-refractivity contribution in [3.05, 3.63) is 59.8 Å². The summed E-state index contributed by atoms with van der Waals surface area (Å²) >= 11 is 0. The van der Waals surface area contributed by atoms with Gasteiger partial charge in [-0.2, -0.15) is 13.2 Å². The van der Waals surface area contributed by atoms with Crippen LogP contribution < -0.4 is 15.4 Å². The van der Waals surface area contributed by atoms with E-state index in [1.54, 1.807) is 6.20 Å². The van der Waals surface area contributed by atoms with Crippen molar-refractivity contribution >= 4 is 5.96 Å². The molecule has 3 rings (SSSR count). The summed E-state index contributed by atoms with van der Waals surface area (Å²) in [5, 5.41) is 6.41. The summed E-state index contributed by atoms with van der Waals surface area (Å²) in [5.74, 6) is 1.09. The standard InChI is InChI=1S/C22H28F3N5O/c1-2-26-21(29-19-10-12-30(14-19)16-22(23,24)25)28-13-18-9-6-11-27-20(18)31-15-17-7-4-3-5-8-17/h3-9,11,19H,2,10,12-16H2,1H3,(H2,26,28,29). The Morgan fingerprint density at radius 3 is 2.77 bits per heavy atom. The highest BCUT2D eigenvalue weighted by Gasteiger charge is 2.34. The molecule has 0 saturated carbocycles. The molecule has 1 atom stereocenters. The first kappa shape index (κ1) is 22.9. The van der Waals surface area contributed by atoms with Gasteiger partial charge in [-0.05, 0) is 25.0 Å². The van der Waals surface area contributed by atoms with Gasteiger partial charge in [0.15, 0.2) is 5.96 Å². The van der Waals surface area contributed by atoms with Crippen LogP contribution in [0.4, 0.5) is 13.2 Å². The van der Waals surface area contributed by atoms with Crippen LogP contribution in [0.15, 0.2) is 53.7 Å².